The summed E-state index contributed by atoms with van der Waals surface area (Å²) in [5.74, 6) is -0.528. The van der Waals surface area contributed by atoms with Gasteiger partial charge in [-0.2, -0.15) is 0 Å². The fourth-order valence-electron chi connectivity index (χ4n) is 2.55. The zero-order chi connectivity index (χ0) is 17.8. The predicted octanol–water partition coefficient (Wildman–Crippen LogP) is 2.43. The third kappa shape index (κ3) is 3.75. The van der Waals surface area contributed by atoms with Gasteiger partial charge in [-0.1, -0.05) is 36.4 Å². The third-order valence-electron chi connectivity index (χ3n) is 3.77. The van der Waals surface area contributed by atoms with Gasteiger partial charge < -0.3 is 9.47 Å². The van der Waals surface area contributed by atoms with E-state index in [1.165, 1.54) is 17.6 Å². The highest BCUT2D eigenvalue weighted by Gasteiger charge is 2.21. The van der Waals surface area contributed by atoms with Crippen molar-refractivity contribution in [1.29, 1.82) is 0 Å². The van der Waals surface area contributed by atoms with E-state index >= 15 is 0 Å². The van der Waals surface area contributed by atoms with Crippen LogP contribution in [0, 0.1) is 6.92 Å². The molecule has 3 aromatic rings. The van der Waals surface area contributed by atoms with Crippen LogP contribution in [0.1, 0.15) is 22.9 Å². The Hall–Kier alpha value is -2.99. The second kappa shape index (κ2) is 7.27. The summed E-state index contributed by atoms with van der Waals surface area (Å²) in [4.78, 5) is 28.8. The summed E-state index contributed by atoms with van der Waals surface area (Å²) in [5, 5.41) is 0. The fraction of sp³-hybridized carbons (Fsp3) is 0.211. The van der Waals surface area contributed by atoms with Gasteiger partial charge in [-0.15, -0.1) is 0 Å². The first kappa shape index (κ1) is 16.9. The van der Waals surface area contributed by atoms with Crippen molar-refractivity contribution < 1.29 is 14.3 Å². The maximum atomic E-state index is 12.3. The lowest BCUT2D eigenvalue weighted by atomic mass is 10.1. The lowest BCUT2D eigenvalue weighted by Crippen LogP contribution is -2.20. The van der Waals surface area contributed by atoms with E-state index in [-0.39, 0.29) is 12.2 Å². The molecule has 0 spiro atoms. The molecule has 6 heteroatoms. The van der Waals surface area contributed by atoms with Crippen LogP contribution in [0.2, 0.25) is 0 Å². The summed E-state index contributed by atoms with van der Waals surface area (Å²) in [5.41, 5.74) is 2.35. The molecule has 6 nitrogen and oxygen atoms in total. The minimum absolute atomic E-state index is 0.0921. The van der Waals surface area contributed by atoms with Crippen LogP contribution in [0.15, 0.2) is 59.5 Å². The molecule has 0 saturated heterocycles. The number of benzene rings is 1. The number of rotatable bonds is 5. The Bertz CT molecular complexity index is 951. The number of hydrogen-bond acceptors (Lipinski definition) is 5. The Morgan fingerprint density at radius 1 is 1.20 bits per heavy atom. The number of pyridine rings is 1. The summed E-state index contributed by atoms with van der Waals surface area (Å²) in [6, 6.07) is 14.1. The Balaban J connectivity index is 1.77. The minimum atomic E-state index is -0.814. The van der Waals surface area contributed by atoms with Gasteiger partial charge >= 0.3 is 5.97 Å². The second-order valence-electron chi connectivity index (χ2n) is 5.65. The molecule has 0 aliphatic heterocycles. The first-order valence-corrected chi connectivity index (χ1v) is 7.82. The van der Waals surface area contributed by atoms with Crippen molar-refractivity contribution in [1.82, 2.24) is 9.38 Å². The zero-order valence-electron chi connectivity index (χ0n) is 14.0. The van der Waals surface area contributed by atoms with Crippen molar-refractivity contribution in [2.24, 2.45) is 0 Å². The van der Waals surface area contributed by atoms with Crippen LogP contribution in [-0.4, -0.2) is 22.5 Å². The van der Waals surface area contributed by atoms with Crippen molar-refractivity contribution in [2.75, 3.05) is 7.11 Å². The Kier molecular flexibility index (Phi) is 4.90. The molecule has 1 atom stereocenters. The van der Waals surface area contributed by atoms with E-state index in [9.17, 15) is 9.59 Å². The molecular formula is C19H18N2O4. The van der Waals surface area contributed by atoms with Gasteiger partial charge in [-0.25, -0.2) is 9.78 Å². The minimum Gasteiger partial charge on any atom is -0.457 e. The highest BCUT2D eigenvalue weighted by Crippen LogP contribution is 2.18. The Morgan fingerprint density at radius 3 is 2.68 bits per heavy atom. The van der Waals surface area contributed by atoms with Crippen molar-refractivity contribution >= 4 is 11.6 Å². The third-order valence-corrected chi connectivity index (χ3v) is 3.77. The smallest absolute Gasteiger partial charge is 0.340 e. The van der Waals surface area contributed by atoms with Crippen LogP contribution in [0.4, 0.5) is 0 Å². The van der Waals surface area contributed by atoms with Gasteiger partial charge in [0.2, 0.25) is 0 Å². The molecule has 25 heavy (non-hydrogen) atoms. The maximum Gasteiger partial charge on any atom is 0.340 e. The van der Waals surface area contributed by atoms with E-state index in [1.54, 1.807) is 24.4 Å². The van der Waals surface area contributed by atoms with Crippen LogP contribution in [-0.2, 0) is 20.9 Å². The molecule has 0 N–H and O–H groups in total. The van der Waals surface area contributed by atoms with E-state index in [2.05, 4.69) is 4.98 Å². The van der Waals surface area contributed by atoms with Crippen molar-refractivity contribution in [3.63, 3.8) is 0 Å². The topological polar surface area (TPSA) is 69.9 Å². The van der Waals surface area contributed by atoms with E-state index in [0.29, 0.717) is 16.9 Å². The number of nitrogens with zero attached hydrogens (tertiary/aromatic N) is 2. The molecule has 0 fully saturated rings. The first-order chi connectivity index (χ1) is 12.1. The maximum absolute atomic E-state index is 12.3. The van der Waals surface area contributed by atoms with Gasteiger partial charge in [-0.05, 0) is 24.1 Å². The van der Waals surface area contributed by atoms with Gasteiger partial charge in [0.25, 0.3) is 5.56 Å². The van der Waals surface area contributed by atoms with Crippen LogP contribution in [0.5, 0.6) is 0 Å². The number of aromatic nitrogens is 2. The number of aryl methyl sites for hydroxylation is 1. The predicted molar refractivity (Wildman–Crippen MR) is 92.2 cm³/mol. The molecule has 0 aliphatic rings. The molecule has 0 radical (unpaired) electrons. The van der Waals surface area contributed by atoms with Gasteiger partial charge in [0.15, 0.2) is 6.10 Å². The number of esters is 1. The normalized spacial score (nSPS) is 12.1. The standard InChI is InChI=1S/C19H18N2O4/c1-13-8-9-16-20-15(10-17(22)21(16)11-13)12-25-19(23)18(24-2)14-6-4-3-5-7-14/h3-11,18H,12H2,1-2H3/t18-/m1/s1. The van der Waals surface area contributed by atoms with Crippen molar-refractivity contribution in [2.45, 2.75) is 19.6 Å². The largest absolute Gasteiger partial charge is 0.457 e. The summed E-state index contributed by atoms with van der Waals surface area (Å²) >= 11 is 0. The van der Waals surface area contributed by atoms with Gasteiger partial charge in [0.05, 0.1) is 5.69 Å². The number of ether oxygens (including phenoxy) is 2. The number of carbonyl (C=O) groups is 1. The first-order valence-electron chi connectivity index (χ1n) is 7.82. The molecule has 0 unspecified atom stereocenters. The van der Waals surface area contributed by atoms with E-state index in [1.807, 2.05) is 31.2 Å². The SMILES string of the molecule is CO[C@@H](C(=O)OCc1cc(=O)n2cc(C)ccc2n1)c1ccccc1. The van der Waals surface area contributed by atoms with Crippen LogP contribution < -0.4 is 5.56 Å². The second-order valence-corrected chi connectivity index (χ2v) is 5.65. The molecule has 2 heterocycles. The van der Waals surface area contributed by atoms with Crippen molar-refractivity contribution in [3.8, 4) is 0 Å². The molecular weight excluding hydrogens is 320 g/mol. The molecule has 128 valence electrons. The van der Waals surface area contributed by atoms with Crippen LogP contribution >= 0.6 is 0 Å². The van der Waals surface area contributed by atoms with Crippen LogP contribution in [0.25, 0.3) is 5.65 Å². The number of methoxy groups -OCH3 is 1. The zero-order valence-corrected chi connectivity index (χ0v) is 14.0. The molecule has 3 rings (SSSR count). The summed E-state index contributed by atoms with van der Waals surface area (Å²) < 4.78 is 12.0. The van der Waals surface area contributed by atoms with Gasteiger partial charge in [-0.3, -0.25) is 9.20 Å². The average molecular weight is 338 g/mol. The highest BCUT2D eigenvalue weighted by atomic mass is 16.6. The van der Waals surface area contributed by atoms with Gasteiger partial charge in [0, 0.05) is 19.4 Å². The van der Waals surface area contributed by atoms with E-state index in [0.717, 1.165) is 5.56 Å². The molecule has 1 aromatic carbocycles. The molecule has 2 aromatic heterocycles. The number of hydrogen-bond donors (Lipinski definition) is 0. The van der Waals surface area contributed by atoms with E-state index in [4.69, 9.17) is 9.47 Å². The molecule has 0 aliphatic carbocycles. The Labute approximate surface area is 144 Å². The molecule has 0 amide bonds. The molecule has 0 saturated carbocycles. The highest BCUT2D eigenvalue weighted by molar-refractivity contribution is 5.76. The quantitative estimate of drug-likeness (QED) is 0.668. The lowest BCUT2D eigenvalue weighted by Gasteiger charge is -2.14. The Morgan fingerprint density at radius 2 is 1.96 bits per heavy atom. The van der Waals surface area contributed by atoms with Gasteiger partial charge in [0.1, 0.15) is 12.3 Å². The summed E-state index contributed by atoms with van der Waals surface area (Å²) in [7, 11) is 1.45. The van der Waals surface area contributed by atoms with Crippen LogP contribution in [0.3, 0.4) is 0 Å². The molecule has 0 bridgehead atoms. The summed E-state index contributed by atoms with van der Waals surface area (Å²) in [6.07, 6.45) is 0.905. The lowest BCUT2D eigenvalue weighted by molar-refractivity contribution is -0.157. The van der Waals surface area contributed by atoms with Crippen molar-refractivity contribution in [3.05, 3.63) is 81.9 Å². The number of carbonyl (C=O) groups excluding carboxylic acids is 1. The average Bonchev–Trinajstić information content (AvgIpc) is 2.62. The summed E-state index contributed by atoms with van der Waals surface area (Å²) in [6.45, 7) is 1.81. The fourth-order valence-corrected chi connectivity index (χ4v) is 2.55. The number of fused-ring (bicyclic) bond motifs is 1. The van der Waals surface area contributed by atoms with E-state index < -0.39 is 12.1 Å². The monoisotopic (exact) mass is 338 g/mol.